The molecule has 0 saturated heterocycles. The first kappa shape index (κ1) is 17.8. The van der Waals surface area contributed by atoms with E-state index in [1.807, 2.05) is 31.2 Å². The number of aliphatic carboxylic acids is 1. The van der Waals surface area contributed by atoms with Gasteiger partial charge in [0.25, 0.3) is 0 Å². The Hall–Kier alpha value is -2.30. The summed E-state index contributed by atoms with van der Waals surface area (Å²) in [6.07, 6.45) is 3.85. The number of carbonyl (C=O) groups is 2. The highest BCUT2D eigenvalue weighted by atomic mass is 16.5. The number of rotatable bonds is 8. The Bertz CT molecular complexity index is 537. The maximum Gasteiger partial charge on any atom is 0.326 e. The summed E-state index contributed by atoms with van der Waals surface area (Å²) in [5.41, 5.74) is 0.780. The predicted octanol–water partition coefficient (Wildman–Crippen LogP) is 2.71. The van der Waals surface area contributed by atoms with E-state index in [0.29, 0.717) is 12.4 Å². The summed E-state index contributed by atoms with van der Waals surface area (Å²) in [5, 5.41) is 11.5. The van der Waals surface area contributed by atoms with E-state index in [2.05, 4.69) is 5.32 Å². The molecule has 0 spiro atoms. The fourth-order valence-electron chi connectivity index (χ4n) is 1.84. The maximum absolute atomic E-state index is 11.9. The molecule has 1 rings (SSSR count). The lowest BCUT2D eigenvalue weighted by Gasteiger charge is -2.16. The molecular weight excluding hydrogens is 282 g/mol. The van der Waals surface area contributed by atoms with Crippen LogP contribution in [0.25, 0.3) is 6.08 Å². The standard InChI is InChI=1S/C17H23NO4/c1-4-11-22-14-8-6-5-7-13(14)9-10-15(19)18-16(12(2)3)17(20)21/h5-10,12,16H,4,11H2,1-3H3,(H,18,19)(H,20,21)/b10-9+/t16-/m1/s1. The zero-order chi connectivity index (χ0) is 16.5. The molecule has 0 heterocycles. The number of amides is 1. The summed E-state index contributed by atoms with van der Waals surface area (Å²) in [6, 6.07) is 6.49. The monoisotopic (exact) mass is 305 g/mol. The largest absolute Gasteiger partial charge is 0.493 e. The molecule has 120 valence electrons. The molecule has 0 radical (unpaired) electrons. The summed E-state index contributed by atoms with van der Waals surface area (Å²) in [6.45, 7) is 6.11. The van der Waals surface area contributed by atoms with Gasteiger partial charge in [-0.3, -0.25) is 4.79 Å². The molecule has 0 aliphatic heterocycles. The van der Waals surface area contributed by atoms with Crippen LogP contribution in [0.1, 0.15) is 32.8 Å². The molecule has 1 aromatic carbocycles. The Kier molecular flexibility index (Phi) is 7.16. The molecule has 0 bridgehead atoms. The van der Waals surface area contributed by atoms with E-state index in [4.69, 9.17) is 9.84 Å². The number of carboxylic acid groups (broad SMARTS) is 1. The molecule has 5 nitrogen and oxygen atoms in total. The first-order valence-corrected chi connectivity index (χ1v) is 7.39. The second-order valence-electron chi connectivity index (χ2n) is 5.29. The van der Waals surface area contributed by atoms with Crippen molar-refractivity contribution in [3.05, 3.63) is 35.9 Å². The van der Waals surface area contributed by atoms with Crippen molar-refractivity contribution in [3.63, 3.8) is 0 Å². The van der Waals surface area contributed by atoms with E-state index in [0.717, 1.165) is 12.0 Å². The lowest BCUT2D eigenvalue weighted by Crippen LogP contribution is -2.43. The topological polar surface area (TPSA) is 75.6 Å². The van der Waals surface area contributed by atoms with Gasteiger partial charge in [-0.15, -0.1) is 0 Å². The molecular formula is C17H23NO4. The number of benzene rings is 1. The number of nitrogens with one attached hydrogen (secondary N) is 1. The average Bonchev–Trinajstić information content (AvgIpc) is 2.48. The highest BCUT2D eigenvalue weighted by Crippen LogP contribution is 2.19. The molecule has 0 fully saturated rings. The predicted molar refractivity (Wildman–Crippen MR) is 85.7 cm³/mol. The van der Waals surface area contributed by atoms with Crippen LogP contribution in [0.2, 0.25) is 0 Å². The van der Waals surface area contributed by atoms with Gasteiger partial charge in [0.2, 0.25) is 5.91 Å². The minimum absolute atomic E-state index is 0.185. The van der Waals surface area contributed by atoms with Crippen molar-refractivity contribution in [1.29, 1.82) is 0 Å². The molecule has 1 atom stereocenters. The van der Waals surface area contributed by atoms with Crippen LogP contribution in [0.4, 0.5) is 0 Å². The summed E-state index contributed by atoms with van der Waals surface area (Å²) in [4.78, 5) is 22.9. The van der Waals surface area contributed by atoms with Crippen molar-refractivity contribution in [3.8, 4) is 5.75 Å². The fraction of sp³-hybridized carbons (Fsp3) is 0.412. The third-order valence-electron chi connectivity index (χ3n) is 3.03. The Morgan fingerprint density at radius 3 is 2.59 bits per heavy atom. The molecule has 1 aromatic rings. The Balaban J connectivity index is 2.75. The molecule has 5 heteroatoms. The molecule has 0 saturated carbocycles. The smallest absolute Gasteiger partial charge is 0.326 e. The number of ether oxygens (including phenoxy) is 1. The number of hydrogen-bond acceptors (Lipinski definition) is 3. The second-order valence-corrected chi connectivity index (χ2v) is 5.29. The van der Waals surface area contributed by atoms with Gasteiger partial charge < -0.3 is 15.2 Å². The minimum Gasteiger partial charge on any atom is -0.493 e. The van der Waals surface area contributed by atoms with Gasteiger partial charge in [0, 0.05) is 11.6 Å². The fourth-order valence-corrected chi connectivity index (χ4v) is 1.84. The van der Waals surface area contributed by atoms with Crippen molar-refractivity contribution in [2.75, 3.05) is 6.61 Å². The van der Waals surface area contributed by atoms with Gasteiger partial charge in [0.1, 0.15) is 11.8 Å². The molecule has 0 aliphatic rings. The Morgan fingerprint density at radius 2 is 2.00 bits per heavy atom. The highest BCUT2D eigenvalue weighted by molar-refractivity contribution is 5.94. The van der Waals surface area contributed by atoms with E-state index in [-0.39, 0.29) is 5.92 Å². The van der Waals surface area contributed by atoms with E-state index >= 15 is 0 Å². The number of carbonyl (C=O) groups excluding carboxylic acids is 1. The third kappa shape index (κ3) is 5.60. The lowest BCUT2D eigenvalue weighted by atomic mass is 10.0. The van der Waals surface area contributed by atoms with Gasteiger partial charge in [-0.2, -0.15) is 0 Å². The Labute approximate surface area is 131 Å². The number of carboxylic acids is 1. The van der Waals surface area contributed by atoms with Gasteiger partial charge >= 0.3 is 5.97 Å². The molecule has 0 unspecified atom stereocenters. The number of para-hydroxylation sites is 1. The first-order valence-electron chi connectivity index (χ1n) is 7.39. The van der Waals surface area contributed by atoms with Crippen LogP contribution < -0.4 is 10.1 Å². The molecule has 0 aliphatic carbocycles. The van der Waals surface area contributed by atoms with Gasteiger partial charge in [0.05, 0.1) is 6.61 Å². The summed E-state index contributed by atoms with van der Waals surface area (Å²) in [5.74, 6) is -0.961. The Morgan fingerprint density at radius 1 is 1.32 bits per heavy atom. The normalized spacial score (nSPS) is 12.4. The number of hydrogen-bond donors (Lipinski definition) is 2. The highest BCUT2D eigenvalue weighted by Gasteiger charge is 2.22. The van der Waals surface area contributed by atoms with Crippen LogP contribution in [0.15, 0.2) is 30.3 Å². The molecule has 2 N–H and O–H groups in total. The van der Waals surface area contributed by atoms with Crippen molar-refractivity contribution < 1.29 is 19.4 Å². The van der Waals surface area contributed by atoms with Crippen LogP contribution in [-0.2, 0) is 9.59 Å². The minimum atomic E-state index is -1.04. The zero-order valence-corrected chi connectivity index (χ0v) is 13.2. The SMILES string of the molecule is CCCOc1ccccc1/C=C/C(=O)N[C@@H](C(=O)O)C(C)C. The third-order valence-corrected chi connectivity index (χ3v) is 3.03. The van der Waals surface area contributed by atoms with E-state index in [1.165, 1.54) is 6.08 Å². The molecule has 22 heavy (non-hydrogen) atoms. The van der Waals surface area contributed by atoms with Gasteiger partial charge in [0.15, 0.2) is 0 Å². The van der Waals surface area contributed by atoms with Crippen molar-refractivity contribution in [2.24, 2.45) is 5.92 Å². The van der Waals surface area contributed by atoms with Crippen LogP contribution in [0.5, 0.6) is 5.75 Å². The van der Waals surface area contributed by atoms with Gasteiger partial charge in [-0.1, -0.05) is 39.0 Å². The van der Waals surface area contributed by atoms with Crippen LogP contribution in [-0.4, -0.2) is 29.6 Å². The molecule has 0 aromatic heterocycles. The summed E-state index contributed by atoms with van der Waals surface area (Å²) < 4.78 is 5.60. The second kappa shape index (κ2) is 8.87. The van der Waals surface area contributed by atoms with Crippen LogP contribution in [0.3, 0.4) is 0 Å². The van der Waals surface area contributed by atoms with Crippen LogP contribution in [0, 0.1) is 5.92 Å². The van der Waals surface area contributed by atoms with Crippen LogP contribution >= 0.6 is 0 Å². The average molecular weight is 305 g/mol. The van der Waals surface area contributed by atoms with E-state index in [1.54, 1.807) is 19.9 Å². The quantitative estimate of drug-likeness (QED) is 0.724. The van der Waals surface area contributed by atoms with Gasteiger partial charge in [-0.25, -0.2) is 4.79 Å². The molecule has 1 amide bonds. The summed E-state index contributed by atoms with van der Waals surface area (Å²) >= 11 is 0. The maximum atomic E-state index is 11.9. The van der Waals surface area contributed by atoms with E-state index in [9.17, 15) is 9.59 Å². The van der Waals surface area contributed by atoms with Crippen molar-refractivity contribution in [1.82, 2.24) is 5.32 Å². The summed E-state index contributed by atoms with van der Waals surface area (Å²) in [7, 11) is 0. The zero-order valence-electron chi connectivity index (χ0n) is 13.2. The lowest BCUT2D eigenvalue weighted by molar-refractivity contribution is -0.142. The van der Waals surface area contributed by atoms with Crippen molar-refractivity contribution >= 4 is 18.0 Å². The first-order chi connectivity index (χ1) is 10.5. The van der Waals surface area contributed by atoms with Crippen molar-refractivity contribution in [2.45, 2.75) is 33.2 Å². The van der Waals surface area contributed by atoms with Gasteiger partial charge in [-0.05, 0) is 24.5 Å². The van der Waals surface area contributed by atoms with E-state index < -0.39 is 17.9 Å².